The van der Waals surface area contributed by atoms with Gasteiger partial charge < -0.3 is 4.90 Å². The van der Waals surface area contributed by atoms with Crippen LogP contribution >= 0.6 is 0 Å². The molecule has 1 amide bonds. The van der Waals surface area contributed by atoms with Gasteiger partial charge in [-0.15, -0.1) is 0 Å². The smallest absolute Gasteiger partial charge is 0.258 e. The molecule has 4 nitrogen and oxygen atoms in total. The third-order valence-electron chi connectivity index (χ3n) is 4.97. The normalized spacial score (nSPS) is 13.6. The van der Waals surface area contributed by atoms with Crippen LogP contribution < -0.4 is 4.90 Å². The van der Waals surface area contributed by atoms with E-state index < -0.39 is 0 Å². The van der Waals surface area contributed by atoms with Gasteiger partial charge in [0, 0.05) is 10.9 Å². The van der Waals surface area contributed by atoms with Gasteiger partial charge in [-0.1, -0.05) is 60.7 Å². The topological polar surface area (TPSA) is 49.0 Å². The summed E-state index contributed by atoms with van der Waals surface area (Å²) < 4.78 is 0. The van der Waals surface area contributed by atoms with Gasteiger partial charge in [-0.05, 0) is 35.4 Å². The highest BCUT2D eigenvalue weighted by atomic mass is 16.2. The van der Waals surface area contributed by atoms with E-state index in [0.29, 0.717) is 6.54 Å². The number of amides is 1. The number of carbonyl (C=O) groups excluding carboxylic acids is 1. The Bertz CT molecular complexity index is 1190. The van der Waals surface area contributed by atoms with Crippen molar-refractivity contribution in [2.75, 3.05) is 4.90 Å². The van der Waals surface area contributed by atoms with Crippen LogP contribution in [0.1, 0.15) is 27.2 Å². The van der Waals surface area contributed by atoms with E-state index in [2.05, 4.69) is 10.2 Å². The Balaban J connectivity index is 1.52. The Kier molecular flexibility index (Phi) is 3.61. The third kappa shape index (κ3) is 2.62. The lowest BCUT2D eigenvalue weighted by atomic mass is 10.1. The summed E-state index contributed by atoms with van der Waals surface area (Å²) in [6.07, 6.45) is 4.01. The van der Waals surface area contributed by atoms with Gasteiger partial charge in [-0.3, -0.25) is 9.89 Å². The number of aromatic nitrogens is 2. The van der Waals surface area contributed by atoms with Gasteiger partial charge >= 0.3 is 0 Å². The lowest BCUT2D eigenvalue weighted by molar-refractivity contribution is 0.0996. The molecule has 1 aliphatic heterocycles. The van der Waals surface area contributed by atoms with Crippen molar-refractivity contribution in [3.8, 4) is 0 Å². The van der Waals surface area contributed by atoms with Crippen LogP contribution in [0.3, 0.4) is 0 Å². The van der Waals surface area contributed by atoms with Crippen molar-refractivity contribution in [2.24, 2.45) is 0 Å². The number of nitrogens with one attached hydrogen (secondary N) is 1. The highest BCUT2D eigenvalue weighted by molar-refractivity contribution is 6.11. The standard InChI is InChI=1S/C23H17N3O/c27-23-18-9-3-1-8-17(18)15-26(23)22-12-6-2-7-16(22)13-14-21-19-10-4-5-11-20(19)24-25-21/h1-14H,15H2,(H,24,25)/b14-13+. The van der Waals surface area contributed by atoms with E-state index in [4.69, 9.17) is 0 Å². The maximum absolute atomic E-state index is 12.8. The molecule has 3 aromatic carbocycles. The number of carbonyl (C=O) groups is 1. The van der Waals surface area contributed by atoms with Crippen molar-refractivity contribution in [3.63, 3.8) is 0 Å². The molecule has 0 unspecified atom stereocenters. The van der Waals surface area contributed by atoms with Crippen molar-refractivity contribution in [3.05, 3.63) is 95.2 Å². The quantitative estimate of drug-likeness (QED) is 0.571. The number of benzene rings is 3. The number of nitrogens with zero attached hydrogens (tertiary/aromatic N) is 2. The highest BCUT2D eigenvalue weighted by Gasteiger charge is 2.28. The summed E-state index contributed by atoms with van der Waals surface area (Å²) in [6, 6.07) is 23.8. The minimum Gasteiger partial charge on any atom is -0.303 e. The second-order valence-corrected chi connectivity index (χ2v) is 6.60. The molecule has 0 atom stereocenters. The van der Waals surface area contributed by atoms with E-state index in [0.717, 1.165) is 39.0 Å². The Morgan fingerprint density at radius 1 is 0.889 bits per heavy atom. The number of anilines is 1. The Morgan fingerprint density at radius 3 is 2.59 bits per heavy atom. The molecule has 0 spiro atoms. The predicted octanol–water partition coefficient (Wildman–Crippen LogP) is 4.89. The number of aromatic amines is 1. The van der Waals surface area contributed by atoms with Crippen molar-refractivity contribution >= 4 is 34.6 Å². The van der Waals surface area contributed by atoms with E-state index >= 15 is 0 Å². The summed E-state index contributed by atoms with van der Waals surface area (Å²) >= 11 is 0. The zero-order valence-electron chi connectivity index (χ0n) is 14.6. The molecular weight excluding hydrogens is 334 g/mol. The predicted molar refractivity (Wildman–Crippen MR) is 108 cm³/mol. The summed E-state index contributed by atoms with van der Waals surface area (Å²) in [5.41, 5.74) is 5.65. The van der Waals surface area contributed by atoms with Crippen LogP contribution in [0.15, 0.2) is 72.8 Å². The molecule has 2 heterocycles. The van der Waals surface area contributed by atoms with E-state index in [1.54, 1.807) is 0 Å². The van der Waals surface area contributed by atoms with Gasteiger partial charge in [0.15, 0.2) is 0 Å². The number of H-pyrrole nitrogens is 1. The zero-order valence-corrected chi connectivity index (χ0v) is 14.6. The monoisotopic (exact) mass is 351 g/mol. The molecule has 0 saturated carbocycles. The molecule has 0 saturated heterocycles. The van der Waals surface area contributed by atoms with Crippen LogP contribution in [0.5, 0.6) is 0 Å². The van der Waals surface area contributed by atoms with Crippen LogP contribution in [-0.4, -0.2) is 16.1 Å². The number of fused-ring (bicyclic) bond motifs is 2. The van der Waals surface area contributed by atoms with Crippen molar-refractivity contribution in [1.29, 1.82) is 0 Å². The summed E-state index contributed by atoms with van der Waals surface area (Å²) in [4.78, 5) is 14.7. The number of hydrogen-bond acceptors (Lipinski definition) is 2. The fraction of sp³-hybridized carbons (Fsp3) is 0.0435. The maximum atomic E-state index is 12.8. The van der Waals surface area contributed by atoms with Gasteiger partial charge in [0.1, 0.15) is 0 Å². The van der Waals surface area contributed by atoms with E-state index in [9.17, 15) is 4.79 Å². The van der Waals surface area contributed by atoms with Crippen LogP contribution in [0.25, 0.3) is 23.1 Å². The van der Waals surface area contributed by atoms with Crippen LogP contribution in [-0.2, 0) is 6.54 Å². The van der Waals surface area contributed by atoms with E-state index in [1.807, 2.05) is 89.8 Å². The first-order valence-electron chi connectivity index (χ1n) is 8.91. The van der Waals surface area contributed by atoms with Gasteiger partial charge in [0.2, 0.25) is 0 Å². The third-order valence-corrected chi connectivity index (χ3v) is 4.97. The Labute approximate surface area is 156 Å². The molecule has 4 heteroatoms. The van der Waals surface area contributed by atoms with Crippen molar-refractivity contribution in [2.45, 2.75) is 6.54 Å². The van der Waals surface area contributed by atoms with Crippen LogP contribution in [0.2, 0.25) is 0 Å². The molecule has 0 bridgehead atoms. The van der Waals surface area contributed by atoms with Crippen LogP contribution in [0.4, 0.5) is 5.69 Å². The fourth-order valence-electron chi connectivity index (χ4n) is 3.60. The molecule has 27 heavy (non-hydrogen) atoms. The minimum atomic E-state index is 0.0525. The Morgan fingerprint density at radius 2 is 1.67 bits per heavy atom. The molecule has 1 N–H and O–H groups in total. The molecule has 5 rings (SSSR count). The summed E-state index contributed by atoms with van der Waals surface area (Å²) in [5, 5.41) is 8.52. The van der Waals surface area contributed by atoms with Crippen molar-refractivity contribution in [1.82, 2.24) is 10.2 Å². The lowest BCUT2D eigenvalue weighted by Gasteiger charge is -2.18. The maximum Gasteiger partial charge on any atom is 0.258 e. The van der Waals surface area contributed by atoms with Crippen molar-refractivity contribution < 1.29 is 4.79 Å². The Hall–Kier alpha value is -3.66. The van der Waals surface area contributed by atoms with Gasteiger partial charge in [0.05, 0.1) is 23.4 Å². The van der Waals surface area contributed by atoms with Gasteiger partial charge in [-0.25, -0.2) is 0 Å². The molecule has 130 valence electrons. The summed E-state index contributed by atoms with van der Waals surface area (Å²) in [6.45, 7) is 0.602. The second-order valence-electron chi connectivity index (χ2n) is 6.60. The zero-order chi connectivity index (χ0) is 18.2. The second kappa shape index (κ2) is 6.25. The number of hydrogen-bond donors (Lipinski definition) is 1. The molecule has 4 aromatic rings. The van der Waals surface area contributed by atoms with Gasteiger partial charge in [0.25, 0.3) is 5.91 Å². The van der Waals surface area contributed by atoms with E-state index in [-0.39, 0.29) is 5.91 Å². The largest absolute Gasteiger partial charge is 0.303 e. The summed E-state index contributed by atoms with van der Waals surface area (Å²) in [5.74, 6) is 0.0525. The molecule has 1 aromatic heterocycles. The molecule has 0 fully saturated rings. The SMILES string of the molecule is O=C1c2ccccc2CN1c1ccccc1/C=C/c1n[nH]c2ccccc12. The van der Waals surface area contributed by atoms with Gasteiger partial charge in [-0.2, -0.15) is 5.10 Å². The fourth-order valence-corrected chi connectivity index (χ4v) is 3.60. The number of para-hydroxylation sites is 2. The molecule has 1 aliphatic rings. The molecular formula is C23H17N3O. The first kappa shape index (κ1) is 15.6. The minimum absolute atomic E-state index is 0.0525. The van der Waals surface area contributed by atoms with E-state index in [1.165, 1.54) is 0 Å². The molecule has 0 aliphatic carbocycles. The average molecular weight is 351 g/mol. The molecule has 0 radical (unpaired) electrons. The average Bonchev–Trinajstić information content (AvgIpc) is 3.28. The number of rotatable bonds is 3. The summed E-state index contributed by atoms with van der Waals surface area (Å²) in [7, 11) is 0. The lowest BCUT2D eigenvalue weighted by Crippen LogP contribution is -2.23. The van der Waals surface area contributed by atoms with Crippen LogP contribution in [0, 0.1) is 0 Å². The highest BCUT2D eigenvalue weighted by Crippen LogP contribution is 2.31. The first-order chi connectivity index (χ1) is 13.3. The first-order valence-corrected chi connectivity index (χ1v) is 8.91.